The minimum Gasteiger partial charge on any atom is -0.352 e. The van der Waals surface area contributed by atoms with Gasteiger partial charge < -0.3 is 9.80 Å². The smallest absolute Gasteiger partial charge is 0.269 e. The molecule has 0 saturated carbocycles. The second-order valence-corrected chi connectivity index (χ2v) is 6.71. The van der Waals surface area contributed by atoms with Crippen LogP contribution in [0.15, 0.2) is 61.2 Å². The highest BCUT2D eigenvalue weighted by molar-refractivity contribution is 5.92. The van der Waals surface area contributed by atoms with E-state index in [4.69, 9.17) is 0 Å². The SMILES string of the molecule is O=C(/C=C/c1ccc([N+](=O)[O-])cc1)N1CCN(c2ccc(-n3ccnc3)nn2)CC1. The zero-order chi connectivity index (χ0) is 20.9. The van der Waals surface area contributed by atoms with E-state index in [2.05, 4.69) is 20.1 Å². The van der Waals surface area contributed by atoms with Crippen LogP contribution in [0.4, 0.5) is 11.5 Å². The second kappa shape index (κ2) is 8.52. The number of non-ortho nitro benzene ring substituents is 1. The van der Waals surface area contributed by atoms with Crippen LogP contribution in [-0.4, -0.2) is 61.7 Å². The Balaban J connectivity index is 1.31. The van der Waals surface area contributed by atoms with E-state index in [0.29, 0.717) is 32.0 Å². The number of carbonyl (C=O) groups excluding carboxylic acids is 1. The molecule has 1 aromatic carbocycles. The van der Waals surface area contributed by atoms with Gasteiger partial charge in [0, 0.05) is 56.8 Å². The fraction of sp³-hybridized carbons (Fsp3) is 0.200. The summed E-state index contributed by atoms with van der Waals surface area (Å²) in [5.74, 6) is 1.38. The van der Waals surface area contributed by atoms with Crippen LogP contribution in [0.3, 0.4) is 0 Å². The number of amides is 1. The summed E-state index contributed by atoms with van der Waals surface area (Å²) in [5.41, 5.74) is 0.761. The zero-order valence-electron chi connectivity index (χ0n) is 16.0. The highest BCUT2D eigenvalue weighted by Crippen LogP contribution is 2.15. The summed E-state index contributed by atoms with van der Waals surface area (Å²) in [6.45, 7) is 2.48. The quantitative estimate of drug-likeness (QED) is 0.362. The highest BCUT2D eigenvalue weighted by atomic mass is 16.6. The molecule has 3 aromatic rings. The fourth-order valence-electron chi connectivity index (χ4n) is 3.16. The van der Waals surface area contributed by atoms with E-state index in [1.807, 2.05) is 12.1 Å². The van der Waals surface area contributed by atoms with Crippen molar-refractivity contribution in [2.75, 3.05) is 31.1 Å². The summed E-state index contributed by atoms with van der Waals surface area (Å²) in [7, 11) is 0. The molecule has 0 aliphatic carbocycles. The molecular weight excluding hydrogens is 386 g/mol. The van der Waals surface area contributed by atoms with E-state index >= 15 is 0 Å². The molecule has 4 rings (SSSR count). The van der Waals surface area contributed by atoms with Crippen molar-refractivity contribution >= 4 is 23.5 Å². The van der Waals surface area contributed by atoms with Gasteiger partial charge in [0.15, 0.2) is 11.6 Å². The van der Waals surface area contributed by atoms with Crippen LogP contribution < -0.4 is 4.90 Å². The maximum Gasteiger partial charge on any atom is 0.269 e. The molecule has 0 atom stereocenters. The van der Waals surface area contributed by atoms with Crippen molar-refractivity contribution in [1.29, 1.82) is 0 Å². The minimum absolute atomic E-state index is 0.0238. The van der Waals surface area contributed by atoms with Gasteiger partial charge in [-0.05, 0) is 35.9 Å². The van der Waals surface area contributed by atoms with Gasteiger partial charge in [0.1, 0.15) is 6.33 Å². The number of imidazole rings is 1. The van der Waals surface area contributed by atoms with Crippen molar-refractivity contribution in [2.24, 2.45) is 0 Å². The molecule has 3 heterocycles. The molecule has 30 heavy (non-hydrogen) atoms. The Morgan fingerprint density at radius 2 is 1.70 bits per heavy atom. The lowest BCUT2D eigenvalue weighted by molar-refractivity contribution is -0.384. The molecule has 0 unspecified atom stereocenters. The van der Waals surface area contributed by atoms with Crippen LogP contribution in [0.25, 0.3) is 11.9 Å². The minimum atomic E-state index is -0.451. The number of nitro benzene ring substituents is 1. The molecule has 1 aliphatic rings. The molecule has 152 valence electrons. The molecule has 0 radical (unpaired) electrons. The van der Waals surface area contributed by atoms with E-state index in [1.165, 1.54) is 18.2 Å². The van der Waals surface area contributed by atoms with Crippen molar-refractivity contribution in [2.45, 2.75) is 0 Å². The normalized spacial score (nSPS) is 14.3. The molecule has 0 bridgehead atoms. The van der Waals surface area contributed by atoms with E-state index in [1.54, 1.807) is 46.4 Å². The predicted molar refractivity (Wildman–Crippen MR) is 110 cm³/mol. The molecule has 0 N–H and O–H groups in total. The number of nitro groups is 1. The lowest BCUT2D eigenvalue weighted by Gasteiger charge is -2.34. The number of aromatic nitrogens is 4. The summed E-state index contributed by atoms with van der Waals surface area (Å²) < 4.78 is 1.78. The van der Waals surface area contributed by atoms with E-state index in [-0.39, 0.29) is 11.6 Å². The Morgan fingerprint density at radius 3 is 2.30 bits per heavy atom. The number of carbonyl (C=O) groups is 1. The number of benzene rings is 1. The largest absolute Gasteiger partial charge is 0.352 e. The van der Waals surface area contributed by atoms with Crippen LogP contribution in [0, 0.1) is 10.1 Å². The Bertz CT molecular complexity index is 1040. The van der Waals surface area contributed by atoms with Gasteiger partial charge in [-0.1, -0.05) is 0 Å². The number of hydrogen-bond donors (Lipinski definition) is 0. The first-order valence-corrected chi connectivity index (χ1v) is 9.38. The lowest BCUT2D eigenvalue weighted by atomic mass is 10.2. The zero-order valence-corrected chi connectivity index (χ0v) is 16.0. The molecule has 1 aliphatic heterocycles. The maximum absolute atomic E-state index is 12.4. The van der Waals surface area contributed by atoms with Crippen molar-refractivity contribution in [3.8, 4) is 5.82 Å². The van der Waals surface area contributed by atoms with Crippen LogP contribution in [0.1, 0.15) is 5.56 Å². The summed E-state index contributed by atoms with van der Waals surface area (Å²) in [6.07, 6.45) is 8.31. The molecule has 1 fully saturated rings. The number of piperazine rings is 1. The monoisotopic (exact) mass is 405 g/mol. The van der Waals surface area contributed by atoms with E-state index in [9.17, 15) is 14.9 Å². The molecule has 10 nitrogen and oxygen atoms in total. The first-order valence-electron chi connectivity index (χ1n) is 9.38. The van der Waals surface area contributed by atoms with Crippen molar-refractivity contribution in [1.82, 2.24) is 24.6 Å². The Morgan fingerprint density at radius 1 is 1.00 bits per heavy atom. The first kappa shape index (κ1) is 19.2. The van der Waals surface area contributed by atoms with Gasteiger partial charge in [0.2, 0.25) is 5.91 Å². The fourth-order valence-corrected chi connectivity index (χ4v) is 3.16. The average molecular weight is 405 g/mol. The molecule has 2 aromatic heterocycles. The maximum atomic E-state index is 12.4. The van der Waals surface area contributed by atoms with Gasteiger partial charge >= 0.3 is 0 Å². The Hall–Kier alpha value is -4.08. The van der Waals surface area contributed by atoms with Gasteiger partial charge in [-0.2, -0.15) is 0 Å². The third-order valence-corrected chi connectivity index (χ3v) is 4.84. The third-order valence-electron chi connectivity index (χ3n) is 4.84. The Kier molecular flexibility index (Phi) is 5.46. The Labute approximate surface area is 172 Å². The predicted octanol–water partition coefficient (Wildman–Crippen LogP) is 1.93. The number of anilines is 1. The summed E-state index contributed by atoms with van der Waals surface area (Å²) in [5, 5.41) is 19.2. The molecule has 0 spiro atoms. The van der Waals surface area contributed by atoms with Crippen molar-refractivity contribution < 1.29 is 9.72 Å². The first-order chi connectivity index (χ1) is 14.6. The highest BCUT2D eigenvalue weighted by Gasteiger charge is 2.21. The summed E-state index contributed by atoms with van der Waals surface area (Å²) in [6, 6.07) is 9.87. The number of hydrogen-bond acceptors (Lipinski definition) is 7. The summed E-state index contributed by atoms with van der Waals surface area (Å²) >= 11 is 0. The number of nitrogens with zero attached hydrogens (tertiary/aromatic N) is 7. The van der Waals surface area contributed by atoms with Crippen LogP contribution >= 0.6 is 0 Å². The van der Waals surface area contributed by atoms with E-state index < -0.39 is 4.92 Å². The van der Waals surface area contributed by atoms with Gasteiger partial charge in [-0.3, -0.25) is 19.5 Å². The molecule has 1 amide bonds. The molecular formula is C20H19N7O3. The second-order valence-electron chi connectivity index (χ2n) is 6.71. The lowest BCUT2D eigenvalue weighted by Crippen LogP contribution is -2.48. The van der Waals surface area contributed by atoms with Crippen LogP contribution in [0.5, 0.6) is 0 Å². The van der Waals surface area contributed by atoms with Gasteiger partial charge in [-0.15, -0.1) is 10.2 Å². The van der Waals surface area contributed by atoms with Gasteiger partial charge in [0.25, 0.3) is 5.69 Å². The molecule has 10 heteroatoms. The number of rotatable bonds is 5. The van der Waals surface area contributed by atoms with Gasteiger partial charge in [-0.25, -0.2) is 4.98 Å². The average Bonchev–Trinajstić information content (AvgIpc) is 3.33. The standard InChI is InChI=1S/C20H19N7O3/c28-20(8-3-16-1-4-17(5-2-16)27(29)30)25-13-11-24(12-14-25)18-6-7-19(23-22-18)26-10-9-21-15-26/h1-10,15H,11-14H2/b8-3+. The van der Waals surface area contributed by atoms with E-state index in [0.717, 1.165) is 11.4 Å². The van der Waals surface area contributed by atoms with Crippen LogP contribution in [0.2, 0.25) is 0 Å². The van der Waals surface area contributed by atoms with Crippen molar-refractivity contribution in [3.63, 3.8) is 0 Å². The van der Waals surface area contributed by atoms with Gasteiger partial charge in [0.05, 0.1) is 4.92 Å². The van der Waals surface area contributed by atoms with Crippen molar-refractivity contribution in [3.05, 3.63) is 76.9 Å². The third kappa shape index (κ3) is 4.32. The van der Waals surface area contributed by atoms with Crippen LogP contribution in [-0.2, 0) is 4.79 Å². The topological polar surface area (TPSA) is 110 Å². The molecule has 1 saturated heterocycles. The summed E-state index contributed by atoms with van der Waals surface area (Å²) in [4.78, 5) is 30.5.